The fourth-order valence-electron chi connectivity index (χ4n) is 6.98. The molecule has 13 nitrogen and oxygen atoms in total. The Labute approximate surface area is 351 Å². The summed E-state index contributed by atoms with van der Waals surface area (Å²) in [6.07, 6.45) is 2.00. The van der Waals surface area contributed by atoms with E-state index in [-0.39, 0.29) is 55.3 Å². The summed E-state index contributed by atoms with van der Waals surface area (Å²) in [5, 5.41) is 4.94. The van der Waals surface area contributed by atoms with Crippen LogP contribution in [0.1, 0.15) is 128 Å². The van der Waals surface area contributed by atoms with Crippen molar-refractivity contribution in [1.29, 1.82) is 0 Å². The number of fused-ring (bicyclic) bond motifs is 1. The number of rotatable bonds is 19. The number of imide groups is 1. The zero-order chi connectivity index (χ0) is 43.4. The monoisotopic (exact) mass is 827 g/mol. The molecule has 1 unspecified atom stereocenters. The van der Waals surface area contributed by atoms with Gasteiger partial charge in [-0.25, -0.2) is 9.78 Å². The molecule has 0 saturated heterocycles. The van der Waals surface area contributed by atoms with Gasteiger partial charge in [0.25, 0.3) is 17.7 Å². The quantitative estimate of drug-likeness (QED) is 0.0545. The number of aliphatic imine (C=N–C) groups is 1. The van der Waals surface area contributed by atoms with Crippen molar-refractivity contribution in [1.82, 2.24) is 20.1 Å². The first-order chi connectivity index (χ1) is 27.9. The molecule has 14 heteroatoms. The molecule has 316 valence electrons. The summed E-state index contributed by atoms with van der Waals surface area (Å²) in [6, 6.07) is 15.9. The van der Waals surface area contributed by atoms with E-state index in [1.165, 1.54) is 29.4 Å². The maximum absolute atomic E-state index is 15.0. The number of esters is 1. The number of nitrogens with one attached hydrogen (secondary N) is 1. The van der Waals surface area contributed by atoms with Crippen molar-refractivity contribution in [2.75, 3.05) is 19.6 Å². The molecule has 1 N–H and O–H groups in total. The van der Waals surface area contributed by atoms with Crippen LogP contribution >= 0.6 is 11.3 Å². The fraction of sp³-hybridized carbons (Fsp3) is 0.467. The van der Waals surface area contributed by atoms with E-state index in [1.807, 2.05) is 58.0 Å². The maximum Gasteiger partial charge on any atom is 0.433 e. The normalized spacial score (nSPS) is 15.3. The number of aromatic nitrogens is 1. The molecule has 0 saturated carbocycles. The van der Waals surface area contributed by atoms with E-state index in [2.05, 4.69) is 21.9 Å². The van der Waals surface area contributed by atoms with Crippen molar-refractivity contribution in [2.24, 2.45) is 22.7 Å². The summed E-state index contributed by atoms with van der Waals surface area (Å²) in [4.78, 5) is 91.5. The third kappa shape index (κ3) is 12.5. The molecule has 5 atom stereocenters. The average molecular weight is 828 g/mol. The van der Waals surface area contributed by atoms with Gasteiger partial charge in [0.15, 0.2) is 6.10 Å². The SMILES string of the molecule is C=C[C@@H](CC)C(C=NC(=O)OC(C)(C)C)C(=O)N(CCCN1C(=O)c2ccccc2C1=O)[C@H](C[C@@H](OC(C)=O)c1nc(C(=O)NC[C@@H](C)c2ccccc2)cs1)C(C)C. The van der Waals surface area contributed by atoms with Gasteiger partial charge in [0, 0.05) is 50.6 Å². The van der Waals surface area contributed by atoms with Crippen molar-refractivity contribution >= 4 is 53.2 Å². The number of amides is 5. The Kier molecular flexibility index (Phi) is 16.4. The topological polar surface area (TPSA) is 165 Å². The van der Waals surface area contributed by atoms with Crippen molar-refractivity contribution in [2.45, 2.75) is 98.3 Å². The second-order valence-corrected chi connectivity index (χ2v) is 16.9. The Morgan fingerprint density at radius 2 is 1.63 bits per heavy atom. The van der Waals surface area contributed by atoms with E-state index in [9.17, 15) is 28.8 Å². The van der Waals surface area contributed by atoms with E-state index in [0.29, 0.717) is 29.1 Å². The van der Waals surface area contributed by atoms with Crippen LogP contribution in [0.15, 0.2) is 77.6 Å². The highest BCUT2D eigenvalue weighted by Crippen LogP contribution is 2.33. The Balaban J connectivity index is 1.65. The smallest absolute Gasteiger partial charge is 0.433 e. The second kappa shape index (κ2) is 21.0. The fourth-order valence-corrected chi connectivity index (χ4v) is 7.82. The van der Waals surface area contributed by atoms with Crippen molar-refractivity contribution < 1.29 is 38.2 Å². The van der Waals surface area contributed by atoms with Gasteiger partial charge in [-0.2, -0.15) is 4.99 Å². The molecule has 3 aromatic rings. The largest absolute Gasteiger partial charge is 0.455 e. The minimum atomic E-state index is -0.939. The van der Waals surface area contributed by atoms with E-state index in [4.69, 9.17) is 9.47 Å². The van der Waals surface area contributed by atoms with Crippen molar-refractivity contribution in [3.05, 3.63) is 100 Å². The molecule has 0 bridgehead atoms. The van der Waals surface area contributed by atoms with Gasteiger partial charge in [-0.1, -0.05) is 76.2 Å². The highest BCUT2D eigenvalue weighted by molar-refractivity contribution is 7.09. The lowest BCUT2D eigenvalue weighted by atomic mass is 9.87. The number of allylic oxidation sites excluding steroid dienone is 1. The first kappa shape index (κ1) is 46.2. The lowest BCUT2D eigenvalue weighted by molar-refractivity contribution is -0.149. The number of carbonyl (C=O) groups excluding carboxylic acids is 6. The lowest BCUT2D eigenvalue weighted by Crippen LogP contribution is -2.49. The summed E-state index contributed by atoms with van der Waals surface area (Å²) < 4.78 is 11.3. The Hall–Kier alpha value is -5.50. The molecule has 1 aliphatic rings. The first-order valence-corrected chi connectivity index (χ1v) is 20.9. The number of hydrogen-bond donors (Lipinski definition) is 1. The average Bonchev–Trinajstić information content (AvgIpc) is 3.78. The van der Waals surface area contributed by atoms with Gasteiger partial charge in [-0.3, -0.25) is 28.9 Å². The molecule has 1 aromatic heterocycles. The number of hydrogen-bond acceptors (Lipinski definition) is 10. The van der Waals surface area contributed by atoms with Crippen LogP contribution in [0, 0.1) is 17.8 Å². The summed E-state index contributed by atoms with van der Waals surface area (Å²) in [7, 11) is 0. The number of carbonyl (C=O) groups is 6. The predicted octanol–water partition coefficient (Wildman–Crippen LogP) is 8.04. The van der Waals surface area contributed by atoms with Crippen LogP contribution in [0.5, 0.6) is 0 Å². The molecule has 5 amide bonds. The van der Waals surface area contributed by atoms with Gasteiger partial charge in [0.1, 0.15) is 16.3 Å². The second-order valence-electron chi connectivity index (χ2n) is 16.0. The van der Waals surface area contributed by atoms with Gasteiger partial charge in [0.05, 0.1) is 17.0 Å². The third-order valence-corrected chi connectivity index (χ3v) is 11.0. The molecular weight excluding hydrogens is 771 g/mol. The van der Waals surface area contributed by atoms with E-state index in [1.54, 1.807) is 61.4 Å². The van der Waals surface area contributed by atoms with Crippen molar-refractivity contribution in [3.63, 3.8) is 0 Å². The minimum Gasteiger partial charge on any atom is -0.455 e. The van der Waals surface area contributed by atoms with E-state index < -0.39 is 53.5 Å². The van der Waals surface area contributed by atoms with Crippen LogP contribution in [-0.4, -0.2) is 88.0 Å². The summed E-state index contributed by atoms with van der Waals surface area (Å²) >= 11 is 1.18. The van der Waals surface area contributed by atoms with Gasteiger partial charge < -0.3 is 19.7 Å². The van der Waals surface area contributed by atoms with Crippen LogP contribution < -0.4 is 5.32 Å². The zero-order valence-corrected chi connectivity index (χ0v) is 36.1. The van der Waals surface area contributed by atoms with Gasteiger partial charge in [-0.15, -0.1) is 17.9 Å². The number of thiazole rings is 1. The molecular formula is C45H57N5O8S. The Morgan fingerprint density at radius 3 is 2.19 bits per heavy atom. The first-order valence-electron chi connectivity index (χ1n) is 20.1. The molecule has 0 spiro atoms. The molecule has 0 aliphatic carbocycles. The number of ether oxygens (including phenoxy) is 2. The van der Waals surface area contributed by atoms with E-state index in [0.717, 1.165) is 5.56 Å². The third-order valence-electron chi connectivity index (χ3n) is 10.1. The lowest BCUT2D eigenvalue weighted by Gasteiger charge is -2.39. The van der Waals surface area contributed by atoms with Crippen LogP contribution in [-0.2, 0) is 19.1 Å². The summed E-state index contributed by atoms with van der Waals surface area (Å²) in [5.74, 6) is -3.65. The minimum absolute atomic E-state index is 0.0392. The van der Waals surface area contributed by atoms with Crippen LogP contribution in [0.25, 0.3) is 0 Å². The number of benzene rings is 2. The Morgan fingerprint density at radius 1 is 1.00 bits per heavy atom. The molecule has 0 radical (unpaired) electrons. The molecule has 2 heterocycles. The Bertz CT molecular complexity index is 1970. The standard InChI is InChI=1S/C45H57N5O8S/c1-10-31(11-2)35(26-47-44(56)58-45(7,8)9)43(55)49(22-17-23-50-41(53)33-20-15-16-21-34(33)42(50)54)37(28(3)4)24-38(57-30(6)51)40-48-36(27-59-40)39(52)46-25-29(5)32-18-13-12-14-19-32/h10,12-16,18-21,26-29,31,35,37-38H,1,11,17,22-25H2,2-9H3,(H,46,52)/t29-,31+,35?,37-,38-/m1/s1. The molecule has 0 fully saturated rings. The summed E-state index contributed by atoms with van der Waals surface area (Å²) in [6.45, 7) is 18.7. The zero-order valence-electron chi connectivity index (χ0n) is 35.3. The maximum atomic E-state index is 15.0. The number of nitrogens with zero attached hydrogens (tertiary/aromatic N) is 4. The van der Waals surface area contributed by atoms with Crippen LogP contribution in [0.2, 0.25) is 0 Å². The van der Waals surface area contributed by atoms with Crippen LogP contribution in [0.4, 0.5) is 4.79 Å². The summed E-state index contributed by atoms with van der Waals surface area (Å²) in [5.41, 5.74) is 1.10. The van der Waals surface area contributed by atoms with Crippen molar-refractivity contribution in [3.8, 4) is 0 Å². The molecule has 4 rings (SSSR count). The van der Waals surface area contributed by atoms with Gasteiger partial charge in [-0.05, 0) is 69.1 Å². The van der Waals surface area contributed by atoms with Gasteiger partial charge in [0.2, 0.25) is 5.91 Å². The van der Waals surface area contributed by atoms with E-state index >= 15 is 0 Å². The highest BCUT2D eigenvalue weighted by atomic mass is 32.1. The highest BCUT2D eigenvalue weighted by Gasteiger charge is 2.38. The predicted molar refractivity (Wildman–Crippen MR) is 227 cm³/mol. The molecule has 1 aliphatic heterocycles. The van der Waals surface area contributed by atoms with Gasteiger partial charge >= 0.3 is 12.1 Å². The molecule has 2 aromatic carbocycles. The van der Waals surface area contributed by atoms with Crippen LogP contribution in [0.3, 0.4) is 0 Å². The molecule has 59 heavy (non-hydrogen) atoms.